The van der Waals surface area contributed by atoms with Crippen molar-refractivity contribution in [1.29, 1.82) is 0 Å². The van der Waals surface area contributed by atoms with E-state index in [-0.39, 0.29) is 0 Å². The quantitative estimate of drug-likeness (QED) is 0.583. The molecule has 0 N–H and O–H groups in total. The number of hydrogen-bond donors (Lipinski definition) is 0. The van der Waals surface area contributed by atoms with Crippen LogP contribution in [0.5, 0.6) is 0 Å². The summed E-state index contributed by atoms with van der Waals surface area (Å²) in [6.07, 6.45) is 0. The van der Waals surface area contributed by atoms with Gasteiger partial charge in [0.2, 0.25) is 0 Å². The van der Waals surface area contributed by atoms with Crippen LogP contribution in [0.15, 0.2) is 46.8 Å². The number of rotatable bonds is 3. The molecule has 0 fully saturated rings. The largest absolute Gasteiger partial charge is 0.317 e. The first kappa shape index (κ1) is 16.7. The maximum absolute atomic E-state index is 5.00. The Morgan fingerprint density at radius 1 is 0.917 bits per heavy atom. The number of aromatic nitrogens is 1. The molecular weight excluding hydrogens is 312 g/mol. The topological polar surface area (TPSA) is 17.3 Å². The smallest absolute Gasteiger partial charge is 0.190 e. The van der Waals surface area contributed by atoms with Gasteiger partial charge in [-0.3, -0.25) is 0 Å². The van der Waals surface area contributed by atoms with Gasteiger partial charge in [0.25, 0.3) is 0 Å². The van der Waals surface area contributed by atoms with Crippen LogP contribution in [-0.4, -0.2) is 4.57 Å². The second kappa shape index (κ2) is 6.78. The summed E-state index contributed by atoms with van der Waals surface area (Å²) in [6.45, 7) is 11.6. The van der Waals surface area contributed by atoms with Crippen LogP contribution >= 0.6 is 11.3 Å². The van der Waals surface area contributed by atoms with Crippen LogP contribution in [0.3, 0.4) is 0 Å². The minimum Gasteiger partial charge on any atom is -0.317 e. The molecule has 2 nitrogen and oxygen atoms in total. The molecule has 0 saturated heterocycles. The van der Waals surface area contributed by atoms with E-state index in [1.807, 2.05) is 0 Å². The van der Waals surface area contributed by atoms with Crippen molar-refractivity contribution < 1.29 is 0 Å². The van der Waals surface area contributed by atoms with Gasteiger partial charge >= 0.3 is 0 Å². The molecule has 0 aliphatic carbocycles. The lowest BCUT2D eigenvalue weighted by Crippen LogP contribution is -2.14. The van der Waals surface area contributed by atoms with Gasteiger partial charge in [0.1, 0.15) is 0 Å². The summed E-state index contributed by atoms with van der Waals surface area (Å²) >= 11 is 1.71. The summed E-state index contributed by atoms with van der Waals surface area (Å²) in [7, 11) is 0. The van der Waals surface area contributed by atoms with E-state index in [0.717, 1.165) is 17.0 Å². The van der Waals surface area contributed by atoms with Gasteiger partial charge in [-0.2, -0.15) is 0 Å². The van der Waals surface area contributed by atoms with Crippen molar-refractivity contribution in [2.75, 3.05) is 0 Å². The number of thiazole rings is 1. The van der Waals surface area contributed by atoms with Crippen LogP contribution in [-0.2, 0) is 6.54 Å². The van der Waals surface area contributed by atoms with Crippen molar-refractivity contribution in [2.45, 2.75) is 41.2 Å². The van der Waals surface area contributed by atoms with Crippen molar-refractivity contribution in [1.82, 2.24) is 4.57 Å². The SMILES string of the molecule is CCn1c(-c2ccc(C)cc2)csc1=Nc1c(C)cc(C)cc1C. The Morgan fingerprint density at radius 3 is 2.12 bits per heavy atom. The zero-order valence-corrected chi connectivity index (χ0v) is 15.9. The van der Waals surface area contributed by atoms with E-state index in [9.17, 15) is 0 Å². The Bertz CT molecular complexity index is 904. The number of hydrogen-bond acceptors (Lipinski definition) is 2. The molecule has 0 spiro atoms. The van der Waals surface area contributed by atoms with E-state index in [1.54, 1.807) is 11.3 Å². The Balaban J connectivity index is 2.15. The molecule has 0 unspecified atom stereocenters. The molecule has 0 radical (unpaired) electrons. The maximum Gasteiger partial charge on any atom is 0.190 e. The number of nitrogens with zero attached hydrogens (tertiary/aromatic N) is 2. The first-order chi connectivity index (χ1) is 11.5. The monoisotopic (exact) mass is 336 g/mol. The van der Waals surface area contributed by atoms with E-state index in [4.69, 9.17) is 4.99 Å². The van der Waals surface area contributed by atoms with Crippen LogP contribution in [0.4, 0.5) is 5.69 Å². The number of aryl methyl sites for hydroxylation is 4. The third-order valence-electron chi connectivity index (χ3n) is 4.30. The molecule has 1 heterocycles. The van der Waals surface area contributed by atoms with Gasteiger partial charge < -0.3 is 4.57 Å². The van der Waals surface area contributed by atoms with Crippen LogP contribution in [0, 0.1) is 27.7 Å². The zero-order valence-electron chi connectivity index (χ0n) is 15.1. The van der Waals surface area contributed by atoms with E-state index in [2.05, 4.69) is 81.0 Å². The number of benzene rings is 2. The Morgan fingerprint density at radius 2 is 1.54 bits per heavy atom. The Kier molecular flexibility index (Phi) is 4.72. The van der Waals surface area contributed by atoms with Crippen LogP contribution < -0.4 is 4.80 Å². The second-order valence-electron chi connectivity index (χ2n) is 6.37. The minimum absolute atomic E-state index is 0.912. The third-order valence-corrected chi connectivity index (χ3v) is 5.17. The molecule has 0 aliphatic heterocycles. The molecule has 1 aromatic heterocycles. The molecule has 3 rings (SSSR count). The molecule has 3 heteroatoms. The van der Waals surface area contributed by atoms with Crippen molar-refractivity contribution in [3.05, 3.63) is 68.8 Å². The highest BCUT2D eigenvalue weighted by Gasteiger charge is 2.08. The molecule has 24 heavy (non-hydrogen) atoms. The summed E-state index contributed by atoms with van der Waals surface area (Å²) in [5.41, 5.74) is 8.63. The van der Waals surface area contributed by atoms with E-state index >= 15 is 0 Å². The van der Waals surface area contributed by atoms with Gasteiger partial charge in [-0.1, -0.05) is 47.5 Å². The molecular formula is C21H24N2S. The average Bonchev–Trinajstić information content (AvgIpc) is 2.94. The molecule has 2 aromatic carbocycles. The van der Waals surface area contributed by atoms with Gasteiger partial charge in [0.05, 0.1) is 11.4 Å². The highest BCUT2D eigenvalue weighted by Crippen LogP contribution is 2.26. The van der Waals surface area contributed by atoms with E-state index in [1.165, 1.54) is 33.5 Å². The van der Waals surface area contributed by atoms with Gasteiger partial charge in [0.15, 0.2) is 4.80 Å². The fourth-order valence-electron chi connectivity index (χ4n) is 3.12. The second-order valence-corrected chi connectivity index (χ2v) is 7.21. The predicted octanol–water partition coefficient (Wildman–Crippen LogP) is 5.70. The molecule has 0 amide bonds. The average molecular weight is 337 g/mol. The first-order valence-electron chi connectivity index (χ1n) is 8.37. The molecule has 0 atom stereocenters. The van der Waals surface area contributed by atoms with Crippen molar-refractivity contribution in [2.24, 2.45) is 4.99 Å². The van der Waals surface area contributed by atoms with Crippen molar-refractivity contribution in [3.63, 3.8) is 0 Å². The maximum atomic E-state index is 5.00. The molecule has 0 saturated carbocycles. The minimum atomic E-state index is 0.912. The Labute approximate surface area is 148 Å². The molecule has 0 bridgehead atoms. The lowest BCUT2D eigenvalue weighted by Gasteiger charge is -2.08. The third kappa shape index (κ3) is 3.22. The van der Waals surface area contributed by atoms with Crippen molar-refractivity contribution >= 4 is 17.0 Å². The van der Waals surface area contributed by atoms with E-state index in [0.29, 0.717) is 0 Å². The van der Waals surface area contributed by atoms with Crippen LogP contribution in [0.25, 0.3) is 11.3 Å². The lowest BCUT2D eigenvalue weighted by atomic mass is 10.1. The molecule has 3 aromatic rings. The summed E-state index contributed by atoms with van der Waals surface area (Å²) < 4.78 is 2.30. The van der Waals surface area contributed by atoms with Gasteiger partial charge in [-0.25, -0.2) is 4.99 Å². The molecule has 124 valence electrons. The fourth-order valence-corrected chi connectivity index (χ4v) is 4.10. The molecule has 0 aliphatic rings. The van der Waals surface area contributed by atoms with Crippen LogP contribution in [0.1, 0.15) is 29.2 Å². The summed E-state index contributed by atoms with van der Waals surface area (Å²) in [5, 5.41) is 2.21. The first-order valence-corrected chi connectivity index (χ1v) is 9.25. The van der Waals surface area contributed by atoms with Gasteiger partial charge in [-0.15, -0.1) is 11.3 Å². The summed E-state index contributed by atoms with van der Waals surface area (Å²) in [6, 6.07) is 13.1. The van der Waals surface area contributed by atoms with Crippen molar-refractivity contribution in [3.8, 4) is 11.3 Å². The predicted molar refractivity (Wildman–Crippen MR) is 104 cm³/mol. The highest BCUT2D eigenvalue weighted by atomic mass is 32.1. The fraction of sp³-hybridized carbons (Fsp3) is 0.286. The lowest BCUT2D eigenvalue weighted by molar-refractivity contribution is 0.744. The summed E-state index contributed by atoms with van der Waals surface area (Å²) in [4.78, 5) is 6.06. The highest BCUT2D eigenvalue weighted by molar-refractivity contribution is 7.07. The van der Waals surface area contributed by atoms with Gasteiger partial charge in [0, 0.05) is 11.9 Å². The Hall–Kier alpha value is -2.13. The van der Waals surface area contributed by atoms with Crippen LogP contribution in [0.2, 0.25) is 0 Å². The summed E-state index contributed by atoms with van der Waals surface area (Å²) in [5.74, 6) is 0. The zero-order chi connectivity index (χ0) is 17.3. The standard InChI is InChI=1S/C21H24N2S/c1-6-23-19(18-9-7-14(2)8-10-18)13-24-21(23)22-20-16(4)11-15(3)12-17(20)5/h7-13H,6H2,1-5H3. The van der Waals surface area contributed by atoms with E-state index < -0.39 is 0 Å². The normalized spacial score (nSPS) is 12.0. The van der Waals surface area contributed by atoms with Gasteiger partial charge in [-0.05, 0) is 51.3 Å².